The molecule has 0 saturated heterocycles. The molecular formula is C9H11N3O2. The zero-order valence-corrected chi connectivity index (χ0v) is 7.86. The van der Waals surface area contributed by atoms with E-state index in [-0.39, 0.29) is 11.5 Å². The second-order valence-corrected chi connectivity index (χ2v) is 2.75. The first-order valence-corrected chi connectivity index (χ1v) is 4.12. The summed E-state index contributed by atoms with van der Waals surface area (Å²) in [6.07, 6.45) is 1.62. The van der Waals surface area contributed by atoms with E-state index in [0.29, 0.717) is 6.54 Å². The predicted octanol–water partition coefficient (Wildman–Crippen LogP) is 1.90. The van der Waals surface area contributed by atoms with Crippen LogP contribution in [0.3, 0.4) is 0 Å². The van der Waals surface area contributed by atoms with E-state index in [1.54, 1.807) is 19.1 Å². The van der Waals surface area contributed by atoms with Crippen LogP contribution in [0.2, 0.25) is 0 Å². The lowest BCUT2D eigenvalue weighted by Crippen LogP contribution is -2.04. The molecule has 0 fully saturated rings. The number of hydrogen-bond acceptors (Lipinski definition) is 4. The summed E-state index contributed by atoms with van der Waals surface area (Å²) in [4.78, 5) is 14.2. The minimum absolute atomic E-state index is 0.0162. The van der Waals surface area contributed by atoms with Crippen LogP contribution in [0.5, 0.6) is 0 Å². The average Bonchev–Trinajstić information content (AvgIpc) is 2.14. The van der Waals surface area contributed by atoms with E-state index >= 15 is 0 Å². The normalized spacial score (nSPS) is 9.50. The number of aryl methyl sites for hydroxylation is 1. The van der Waals surface area contributed by atoms with Crippen molar-refractivity contribution in [3.63, 3.8) is 0 Å². The molecule has 0 saturated carbocycles. The van der Waals surface area contributed by atoms with E-state index in [9.17, 15) is 10.1 Å². The van der Waals surface area contributed by atoms with Crippen LogP contribution in [0, 0.1) is 17.0 Å². The second kappa shape index (κ2) is 4.36. The van der Waals surface area contributed by atoms with Crippen LogP contribution in [0.25, 0.3) is 0 Å². The SMILES string of the molecule is C=CCNc1nc(C)ccc1[N+](=O)[O-]. The molecule has 5 nitrogen and oxygen atoms in total. The molecule has 0 aromatic carbocycles. The second-order valence-electron chi connectivity index (χ2n) is 2.75. The van der Waals surface area contributed by atoms with E-state index < -0.39 is 4.92 Å². The molecule has 1 N–H and O–H groups in total. The Hall–Kier alpha value is -1.91. The Bertz CT molecular complexity index is 363. The number of hydrogen-bond donors (Lipinski definition) is 1. The van der Waals surface area contributed by atoms with Gasteiger partial charge in [-0.2, -0.15) is 0 Å². The smallest absolute Gasteiger partial charge is 0.311 e. The highest BCUT2D eigenvalue weighted by atomic mass is 16.6. The minimum Gasteiger partial charge on any atom is -0.361 e. The largest absolute Gasteiger partial charge is 0.361 e. The molecule has 1 aromatic heterocycles. The number of rotatable bonds is 4. The fourth-order valence-electron chi connectivity index (χ4n) is 0.996. The minimum atomic E-state index is -0.460. The van der Waals surface area contributed by atoms with Crippen molar-refractivity contribution in [2.24, 2.45) is 0 Å². The fourth-order valence-corrected chi connectivity index (χ4v) is 0.996. The molecule has 0 amide bonds. The Kier molecular flexibility index (Phi) is 3.17. The molecule has 5 heteroatoms. The number of aromatic nitrogens is 1. The Morgan fingerprint density at radius 3 is 3.00 bits per heavy atom. The third kappa shape index (κ3) is 2.29. The molecular weight excluding hydrogens is 182 g/mol. The van der Waals surface area contributed by atoms with Gasteiger partial charge in [0.25, 0.3) is 0 Å². The monoisotopic (exact) mass is 193 g/mol. The summed E-state index contributed by atoms with van der Waals surface area (Å²) < 4.78 is 0. The molecule has 0 radical (unpaired) electrons. The molecule has 1 rings (SSSR count). The van der Waals surface area contributed by atoms with Gasteiger partial charge in [-0.15, -0.1) is 6.58 Å². The number of nitrogens with one attached hydrogen (secondary N) is 1. The van der Waals surface area contributed by atoms with Gasteiger partial charge in [-0.25, -0.2) is 4.98 Å². The Morgan fingerprint density at radius 2 is 2.43 bits per heavy atom. The fraction of sp³-hybridized carbons (Fsp3) is 0.222. The molecule has 1 heterocycles. The van der Waals surface area contributed by atoms with Gasteiger partial charge >= 0.3 is 5.69 Å². The first-order chi connectivity index (χ1) is 6.65. The number of nitro groups is 1. The van der Waals surface area contributed by atoms with E-state index in [1.807, 2.05) is 0 Å². The van der Waals surface area contributed by atoms with Crippen molar-refractivity contribution in [2.45, 2.75) is 6.92 Å². The molecule has 0 unspecified atom stereocenters. The standard InChI is InChI=1S/C9H11N3O2/c1-3-6-10-9-8(12(13)14)5-4-7(2)11-9/h3-5H,1,6H2,2H3,(H,10,11). The third-order valence-corrected chi connectivity index (χ3v) is 1.62. The van der Waals surface area contributed by atoms with Crippen molar-refractivity contribution < 1.29 is 4.92 Å². The van der Waals surface area contributed by atoms with Crippen LogP contribution < -0.4 is 5.32 Å². The van der Waals surface area contributed by atoms with Crippen molar-refractivity contribution in [1.82, 2.24) is 4.98 Å². The van der Waals surface area contributed by atoms with E-state index in [4.69, 9.17) is 0 Å². The van der Waals surface area contributed by atoms with Crippen LogP contribution in [0.4, 0.5) is 11.5 Å². The van der Waals surface area contributed by atoms with Gasteiger partial charge in [-0.3, -0.25) is 10.1 Å². The van der Waals surface area contributed by atoms with Gasteiger partial charge in [0, 0.05) is 18.3 Å². The highest BCUT2D eigenvalue weighted by Crippen LogP contribution is 2.21. The summed E-state index contributed by atoms with van der Waals surface area (Å²) in [5.41, 5.74) is 0.722. The van der Waals surface area contributed by atoms with Crippen molar-refractivity contribution in [3.8, 4) is 0 Å². The van der Waals surface area contributed by atoms with Gasteiger partial charge in [-0.1, -0.05) is 6.08 Å². The molecule has 0 aliphatic rings. The zero-order valence-electron chi connectivity index (χ0n) is 7.86. The lowest BCUT2D eigenvalue weighted by Gasteiger charge is -2.03. The third-order valence-electron chi connectivity index (χ3n) is 1.62. The van der Waals surface area contributed by atoms with Crippen LogP contribution in [-0.2, 0) is 0 Å². The topological polar surface area (TPSA) is 68.1 Å². The van der Waals surface area contributed by atoms with Crippen molar-refractivity contribution in [3.05, 3.63) is 40.6 Å². The average molecular weight is 193 g/mol. The number of nitrogens with zero attached hydrogens (tertiary/aromatic N) is 2. The summed E-state index contributed by atoms with van der Waals surface area (Å²) in [6, 6.07) is 3.05. The molecule has 0 aliphatic heterocycles. The van der Waals surface area contributed by atoms with Gasteiger partial charge in [0.2, 0.25) is 5.82 Å². The highest BCUT2D eigenvalue weighted by Gasteiger charge is 2.13. The van der Waals surface area contributed by atoms with Crippen LogP contribution >= 0.6 is 0 Å². The number of anilines is 1. The summed E-state index contributed by atoms with van der Waals surface area (Å²) in [5, 5.41) is 13.4. The Labute approximate surface area is 81.6 Å². The molecule has 74 valence electrons. The number of pyridine rings is 1. The Morgan fingerprint density at radius 1 is 1.71 bits per heavy atom. The van der Waals surface area contributed by atoms with Crippen LogP contribution in [0.15, 0.2) is 24.8 Å². The maximum atomic E-state index is 10.6. The summed E-state index contributed by atoms with van der Waals surface area (Å²) >= 11 is 0. The van der Waals surface area contributed by atoms with E-state index in [0.717, 1.165) is 5.69 Å². The molecule has 0 bridgehead atoms. The molecule has 14 heavy (non-hydrogen) atoms. The molecule has 1 aromatic rings. The quantitative estimate of drug-likeness (QED) is 0.450. The van der Waals surface area contributed by atoms with Gasteiger partial charge in [-0.05, 0) is 13.0 Å². The van der Waals surface area contributed by atoms with Gasteiger partial charge in [0.15, 0.2) is 0 Å². The van der Waals surface area contributed by atoms with Crippen molar-refractivity contribution in [1.29, 1.82) is 0 Å². The predicted molar refractivity (Wildman–Crippen MR) is 54.3 cm³/mol. The first-order valence-electron chi connectivity index (χ1n) is 4.12. The first kappa shape index (κ1) is 10.2. The lowest BCUT2D eigenvalue weighted by atomic mass is 10.3. The molecule has 0 spiro atoms. The van der Waals surface area contributed by atoms with Gasteiger partial charge < -0.3 is 5.32 Å². The highest BCUT2D eigenvalue weighted by molar-refractivity contribution is 5.56. The summed E-state index contributed by atoms with van der Waals surface area (Å²) in [6.45, 7) is 5.75. The summed E-state index contributed by atoms with van der Waals surface area (Å²) in [7, 11) is 0. The Balaban J connectivity index is 3.02. The van der Waals surface area contributed by atoms with Crippen molar-refractivity contribution in [2.75, 3.05) is 11.9 Å². The van der Waals surface area contributed by atoms with Crippen LogP contribution in [-0.4, -0.2) is 16.5 Å². The van der Waals surface area contributed by atoms with Gasteiger partial charge in [0.05, 0.1) is 4.92 Å². The summed E-state index contributed by atoms with van der Waals surface area (Å²) in [5.74, 6) is 0.287. The van der Waals surface area contributed by atoms with E-state index in [1.165, 1.54) is 6.07 Å². The van der Waals surface area contributed by atoms with Gasteiger partial charge in [0.1, 0.15) is 0 Å². The van der Waals surface area contributed by atoms with E-state index in [2.05, 4.69) is 16.9 Å². The molecule has 0 atom stereocenters. The van der Waals surface area contributed by atoms with Crippen LogP contribution in [0.1, 0.15) is 5.69 Å². The molecule has 0 aliphatic carbocycles. The zero-order chi connectivity index (χ0) is 10.6. The maximum absolute atomic E-state index is 10.6. The lowest BCUT2D eigenvalue weighted by molar-refractivity contribution is -0.384. The van der Waals surface area contributed by atoms with Crippen molar-refractivity contribution >= 4 is 11.5 Å². The maximum Gasteiger partial charge on any atom is 0.311 e.